The van der Waals surface area contributed by atoms with Gasteiger partial charge >= 0.3 is 6.18 Å². The summed E-state index contributed by atoms with van der Waals surface area (Å²) in [4.78, 5) is 18.2. The van der Waals surface area contributed by atoms with Crippen molar-refractivity contribution in [3.8, 4) is 17.3 Å². The molecule has 2 rings (SSSR count). The van der Waals surface area contributed by atoms with E-state index in [4.69, 9.17) is 5.26 Å². The summed E-state index contributed by atoms with van der Waals surface area (Å²) in [6, 6.07) is 5.27. The molecule has 1 N–H and O–H groups in total. The van der Waals surface area contributed by atoms with Crippen molar-refractivity contribution < 1.29 is 13.2 Å². The summed E-state index contributed by atoms with van der Waals surface area (Å²) >= 11 is 2.80. The molecule has 0 amide bonds. The number of hydrogen-bond acceptors (Lipinski definition) is 4. The van der Waals surface area contributed by atoms with E-state index in [9.17, 15) is 18.0 Å². The molecule has 0 fully saturated rings. The first kappa shape index (κ1) is 16.8. The largest absolute Gasteiger partial charge is 0.417 e. The Morgan fingerprint density at radius 3 is 2.64 bits per heavy atom. The first-order chi connectivity index (χ1) is 10.3. The molecule has 22 heavy (non-hydrogen) atoms. The zero-order valence-corrected chi connectivity index (χ0v) is 13.9. The summed E-state index contributed by atoms with van der Waals surface area (Å²) in [5, 5.41) is 9.25. The quantitative estimate of drug-likeness (QED) is 0.443. The molecule has 2 aromatic rings. The van der Waals surface area contributed by atoms with Crippen LogP contribution >= 0.6 is 34.4 Å². The van der Waals surface area contributed by atoms with E-state index in [1.807, 2.05) is 0 Å². The highest BCUT2D eigenvalue weighted by Gasteiger charge is 2.36. The lowest BCUT2D eigenvalue weighted by atomic mass is 10.0. The number of aromatic nitrogens is 2. The second-order valence-corrected chi connectivity index (χ2v) is 6.03. The highest BCUT2D eigenvalue weighted by Crippen LogP contribution is 2.39. The van der Waals surface area contributed by atoms with Crippen molar-refractivity contribution in [2.75, 3.05) is 6.26 Å². The predicted octanol–water partition coefficient (Wildman–Crippen LogP) is 3.65. The first-order valence-corrected chi connectivity index (χ1v) is 8.04. The van der Waals surface area contributed by atoms with E-state index >= 15 is 0 Å². The van der Waals surface area contributed by atoms with Crippen LogP contribution in [0, 0.1) is 14.9 Å². The van der Waals surface area contributed by atoms with Crippen LogP contribution in [0.4, 0.5) is 13.2 Å². The maximum Gasteiger partial charge on any atom is 0.417 e. The molecule has 1 aromatic carbocycles. The van der Waals surface area contributed by atoms with Crippen molar-refractivity contribution in [1.29, 1.82) is 5.26 Å². The highest BCUT2D eigenvalue weighted by molar-refractivity contribution is 14.1. The Hall–Kier alpha value is -1.54. The fraction of sp³-hybridized carbons (Fsp3) is 0.154. The van der Waals surface area contributed by atoms with E-state index in [0.29, 0.717) is 0 Å². The molecule has 9 heteroatoms. The smallest absolute Gasteiger partial charge is 0.300 e. The Morgan fingerprint density at radius 2 is 2.09 bits per heavy atom. The minimum Gasteiger partial charge on any atom is -0.300 e. The number of nitriles is 1. The van der Waals surface area contributed by atoms with Gasteiger partial charge < -0.3 is 4.98 Å². The number of benzene rings is 1. The van der Waals surface area contributed by atoms with Crippen LogP contribution in [0.2, 0.25) is 0 Å². The van der Waals surface area contributed by atoms with Gasteiger partial charge in [-0.05, 0) is 41.0 Å². The molecule has 0 aliphatic rings. The Labute approximate surface area is 140 Å². The van der Waals surface area contributed by atoms with E-state index < -0.39 is 22.9 Å². The van der Waals surface area contributed by atoms with Gasteiger partial charge in [0.1, 0.15) is 11.6 Å². The molecule has 0 unspecified atom stereocenters. The monoisotopic (exact) mass is 437 g/mol. The Kier molecular flexibility index (Phi) is 4.81. The van der Waals surface area contributed by atoms with Gasteiger partial charge in [0.25, 0.3) is 5.56 Å². The van der Waals surface area contributed by atoms with E-state index in [0.717, 1.165) is 17.8 Å². The van der Waals surface area contributed by atoms with Gasteiger partial charge in [0.2, 0.25) is 0 Å². The van der Waals surface area contributed by atoms with E-state index in [2.05, 4.69) is 9.97 Å². The molecule has 0 saturated carbocycles. The summed E-state index contributed by atoms with van der Waals surface area (Å²) in [7, 11) is 0. The van der Waals surface area contributed by atoms with Gasteiger partial charge in [-0.2, -0.15) is 18.4 Å². The topological polar surface area (TPSA) is 69.5 Å². The third-order valence-corrected chi connectivity index (χ3v) is 4.24. The zero-order valence-electron chi connectivity index (χ0n) is 11.0. The average Bonchev–Trinajstić information content (AvgIpc) is 2.45. The predicted molar refractivity (Wildman–Crippen MR) is 84.5 cm³/mol. The van der Waals surface area contributed by atoms with Gasteiger partial charge in [-0.15, -0.1) is 0 Å². The van der Waals surface area contributed by atoms with Crippen LogP contribution in [0.25, 0.3) is 11.3 Å². The molecule has 4 nitrogen and oxygen atoms in total. The van der Waals surface area contributed by atoms with Crippen molar-refractivity contribution in [2.24, 2.45) is 0 Å². The van der Waals surface area contributed by atoms with Crippen LogP contribution in [-0.2, 0) is 6.18 Å². The molecule has 1 heterocycles. The fourth-order valence-electron chi connectivity index (χ4n) is 1.83. The van der Waals surface area contributed by atoms with Crippen LogP contribution in [0.5, 0.6) is 0 Å². The summed E-state index contributed by atoms with van der Waals surface area (Å²) in [5.41, 5.74) is -2.64. The third kappa shape index (κ3) is 3.12. The highest BCUT2D eigenvalue weighted by atomic mass is 127. The van der Waals surface area contributed by atoms with E-state index in [-0.39, 0.29) is 20.0 Å². The molecule has 0 aliphatic carbocycles. The van der Waals surface area contributed by atoms with Crippen molar-refractivity contribution in [3.63, 3.8) is 0 Å². The third-order valence-electron chi connectivity index (χ3n) is 2.76. The number of halogens is 4. The van der Waals surface area contributed by atoms with Crippen molar-refractivity contribution in [2.45, 2.75) is 11.3 Å². The van der Waals surface area contributed by atoms with Crippen LogP contribution in [0.1, 0.15) is 11.1 Å². The Morgan fingerprint density at radius 1 is 1.41 bits per heavy atom. The summed E-state index contributed by atoms with van der Waals surface area (Å²) in [6.45, 7) is 0. The maximum absolute atomic E-state index is 13.2. The molecule has 1 aromatic heterocycles. The SMILES string of the molecule is CSc1nc(-c2c(I)cccc2C(F)(F)F)c(C#N)c(=O)[nH]1. The van der Waals surface area contributed by atoms with Crippen molar-refractivity contribution >= 4 is 34.4 Å². The number of alkyl halides is 3. The minimum atomic E-state index is -4.62. The van der Waals surface area contributed by atoms with Crippen LogP contribution in [-0.4, -0.2) is 16.2 Å². The Bertz CT molecular complexity index is 827. The van der Waals surface area contributed by atoms with Gasteiger partial charge in [0.05, 0.1) is 11.3 Å². The molecule has 0 spiro atoms. The number of nitrogens with zero attached hydrogens (tertiary/aromatic N) is 2. The molecular weight excluding hydrogens is 430 g/mol. The van der Waals surface area contributed by atoms with Gasteiger partial charge in [-0.3, -0.25) is 4.79 Å². The fourth-order valence-corrected chi connectivity index (χ4v) is 2.97. The van der Waals surface area contributed by atoms with Crippen molar-refractivity contribution in [1.82, 2.24) is 9.97 Å². The maximum atomic E-state index is 13.2. The number of thioether (sulfide) groups is 1. The first-order valence-electron chi connectivity index (χ1n) is 5.74. The number of nitrogens with one attached hydrogen (secondary N) is 1. The lowest BCUT2D eigenvalue weighted by molar-refractivity contribution is -0.137. The summed E-state index contributed by atoms with van der Waals surface area (Å²) in [6.07, 6.45) is -3.00. The normalized spacial score (nSPS) is 11.3. The van der Waals surface area contributed by atoms with E-state index in [1.165, 1.54) is 12.1 Å². The second kappa shape index (κ2) is 6.29. The molecule has 0 radical (unpaired) electrons. The molecule has 0 bridgehead atoms. The standard InChI is InChI=1S/C13H7F3IN3OS/c1-22-12-19-10(6(5-18)11(21)20-12)9-7(13(14,15)16)3-2-4-8(9)17/h2-4H,1H3,(H,19,20,21). The average molecular weight is 437 g/mol. The van der Waals surface area contributed by atoms with Gasteiger partial charge in [0.15, 0.2) is 5.16 Å². The van der Waals surface area contributed by atoms with Crippen molar-refractivity contribution in [3.05, 3.63) is 43.2 Å². The number of H-pyrrole nitrogens is 1. The lowest BCUT2D eigenvalue weighted by Crippen LogP contribution is -2.17. The number of hydrogen-bond donors (Lipinski definition) is 1. The summed E-state index contributed by atoms with van der Waals surface area (Å²) in [5.74, 6) is 0. The Balaban J connectivity index is 2.92. The van der Waals surface area contributed by atoms with Crippen LogP contribution < -0.4 is 5.56 Å². The zero-order chi connectivity index (χ0) is 16.5. The molecule has 0 atom stereocenters. The van der Waals surface area contributed by atoms with Gasteiger partial charge in [-0.1, -0.05) is 17.8 Å². The summed E-state index contributed by atoms with van der Waals surface area (Å²) < 4.78 is 39.9. The minimum absolute atomic E-state index is 0.145. The van der Waals surface area contributed by atoms with Gasteiger partial charge in [0, 0.05) is 9.13 Å². The lowest BCUT2D eigenvalue weighted by Gasteiger charge is -2.15. The molecule has 0 saturated heterocycles. The van der Waals surface area contributed by atoms with E-state index in [1.54, 1.807) is 34.9 Å². The number of aromatic amines is 1. The van der Waals surface area contributed by atoms with Crippen LogP contribution in [0.15, 0.2) is 28.2 Å². The molecule has 0 aliphatic heterocycles. The van der Waals surface area contributed by atoms with Crippen LogP contribution in [0.3, 0.4) is 0 Å². The molecule has 114 valence electrons. The second-order valence-electron chi connectivity index (χ2n) is 4.07. The molecular formula is C13H7F3IN3OS. The number of rotatable bonds is 2. The van der Waals surface area contributed by atoms with Gasteiger partial charge in [-0.25, -0.2) is 4.98 Å².